The normalized spacial score (nSPS) is 20.4. The summed E-state index contributed by atoms with van der Waals surface area (Å²) in [6.07, 6.45) is 6.82. The molecular formula is C36H37FN6O2. The highest BCUT2D eigenvalue weighted by Gasteiger charge is 2.31. The van der Waals surface area contributed by atoms with E-state index in [0.717, 1.165) is 57.4 Å². The van der Waals surface area contributed by atoms with Gasteiger partial charge in [-0.3, -0.25) is 9.36 Å². The molecule has 2 aliphatic rings. The van der Waals surface area contributed by atoms with Crippen LogP contribution < -0.4 is 5.73 Å². The molecule has 0 amide bonds. The first-order chi connectivity index (χ1) is 22.0. The Bertz CT molecular complexity index is 1830. The Morgan fingerprint density at radius 1 is 0.933 bits per heavy atom. The lowest BCUT2D eigenvalue weighted by Gasteiger charge is -2.30. The molecule has 8 nitrogen and oxygen atoms in total. The number of pyridine rings is 2. The van der Waals surface area contributed by atoms with Gasteiger partial charge in [-0.15, -0.1) is 0 Å². The van der Waals surface area contributed by atoms with E-state index in [4.69, 9.17) is 20.4 Å². The minimum absolute atomic E-state index is 0.0563. The molecule has 1 aliphatic carbocycles. The number of anilines is 1. The number of benzene rings is 2. The molecule has 3 aromatic heterocycles. The minimum atomic E-state index is -0.323. The van der Waals surface area contributed by atoms with Crippen LogP contribution in [0.3, 0.4) is 0 Å². The van der Waals surface area contributed by atoms with Crippen LogP contribution in [0.25, 0.3) is 39.5 Å². The van der Waals surface area contributed by atoms with Crippen molar-refractivity contribution in [1.29, 1.82) is 0 Å². The standard InChI is InChI=1S/C36H37FN6O2/c1-45-36(44)25-10-8-23(9-11-25)21-42-20-18-26(22-42)24-12-14-27(15-13-24)43-34(29-6-4-19-39-33(29)38)41-32-17-16-31(40-35(32)43)28-5-2-3-7-30(28)37/h2-7,12-17,19,23,25-26H,8-11,18,20-22H2,1H3,(H2,38,39)/t23-,25-,26?. The van der Waals surface area contributed by atoms with Crippen LogP contribution in [0, 0.1) is 17.7 Å². The number of carbonyl (C=O) groups is 1. The summed E-state index contributed by atoms with van der Waals surface area (Å²) < 4.78 is 21.7. The van der Waals surface area contributed by atoms with Crippen LogP contribution in [0.2, 0.25) is 0 Å². The maximum absolute atomic E-state index is 14.7. The first kappa shape index (κ1) is 29.1. The third-order valence-corrected chi connectivity index (χ3v) is 9.53. The molecule has 2 fully saturated rings. The SMILES string of the molecule is COC(=O)[C@H]1CC[C@H](CN2CCC(c3ccc(-n4c(-c5cccnc5N)nc5ccc(-c6ccccc6F)nc54)cc3)C2)CC1. The van der Waals surface area contributed by atoms with E-state index in [0.29, 0.717) is 51.5 Å². The molecule has 1 aliphatic heterocycles. The monoisotopic (exact) mass is 604 g/mol. The van der Waals surface area contributed by atoms with Crippen molar-refractivity contribution in [3.8, 4) is 28.3 Å². The molecule has 2 N–H and O–H groups in total. The quantitative estimate of drug-likeness (QED) is 0.208. The number of aromatic nitrogens is 4. The molecule has 5 aromatic rings. The van der Waals surface area contributed by atoms with Gasteiger partial charge in [0.15, 0.2) is 11.5 Å². The predicted octanol–water partition coefficient (Wildman–Crippen LogP) is 6.64. The van der Waals surface area contributed by atoms with Gasteiger partial charge in [0.25, 0.3) is 0 Å². The van der Waals surface area contributed by atoms with Crippen molar-refractivity contribution >= 4 is 23.0 Å². The first-order valence-corrected chi connectivity index (χ1v) is 15.7. The third kappa shape index (κ3) is 5.80. The van der Waals surface area contributed by atoms with Crippen molar-refractivity contribution in [3.05, 3.63) is 90.4 Å². The van der Waals surface area contributed by atoms with Crippen molar-refractivity contribution in [3.63, 3.8) is 0 Å². The fourth-order valence-corrected chi connectivity index (χ4v) is 7.09. The van der Waals surface area contributed by atoms with Crippen LogP contribution in [-0.2, 0) is 9.53 Å². The van der Waals surface area contributed by atoms with Gasteiger partial charge in [-0.2, -0.15) is 0 Å². The van der Waals surface area contributed by atoms with E-state index in [1.54, 1.807) is 24.4 Å². The molecule has 9 heteroatoms. The lowest BCUT2D eigenvalue weighted by molar-refractivity contribution is -0.146. The molecule has 1 saturated carbocycles. The van der Waals surface area contributed by atoms with Crippen molar-refractivity contribution in [1.82, 2.24) is 24.4 Å². The molecule has 45 heavy (non-hydrogen) atoms. The summed E-state index contributed by atoms with van der Waals surface area (Å²) in [6, 6.07) is 22.7. The van der Waals surface area contributed by atoms with Gasteiger partial charge in [-0.1, -0.05) is 24.3 Å². The van der Waals surface area contributed by atoms with Crippen LogP contribution in [0.1, 0.15) is 43.6 Å². The number of imidazole rings is 1. The Morgan fingerprint density at radius 3 is 2.47 bits per heavy atom. The number of nitrogen functional groups attached to an aromatic ring is 1. The Balaban J connectivity index is 1.15. The van der Waals surface area contributed by atoms with E-state index in [9.17, 15) is 9.18 Å². The molecule has 1 saturated heterocycles. The number of hydrogen-bond donors (Lipinski definition) is 1. The summed E-state index contributed by atoms with van der Waals surface area (Å²) in [6.45, 7) is 3.22. The van der Waals surface area contributed by atoms with Gasteiger partial charge in [-0.05, 0) is 105 Å². The number of nitrogens with zero attached hydrogens (tertiary/aromatic N) is 5. The molecular weight excluding hydrogens is 567 g/mol. The molecule has 0 radical (unpaired) electrons. The maximum atomic E-state index is 14.7. The van der Waals surface area contributed by atoms with Gasteiger partial charge in [0, 0.05) is 30.5 Å². The smallest absolute Gasteiger partial charge is 0.308 e. The number of methoxy groups -OCH3 is 1. The highest BCUT2D eigenvalue weighted by molar-refractivity contribution is 5.84. The van der Waals surface area contributed by atoms with Gasteiger partial charge in [0.1, 0.15) is 17.2 Å². The van der Waals surface area contributed by atoms with Crippen LogP contribution >= 0.6 is 0 Å². The fourth-order valence-electron chi connectivity index (χ4n) is 7.09. The van der Waals surface area contributed by atoms with E-state index in [2.05, 4.69) is 34.1 Å². The summed E-state index contributed by atoms with van der Waals surface area (Å²) >= 11 is 0. The summed E-state index contributed by atoms with van der Waals surface area (Å²) in [5.41, 5.74) is 11.5. The molecule has 7 rings (SSSR count). The maximum Gasteiger partial charge on any atom is 0.308 e. The van der Waals surface area contributed by atoms with Crippen molar-refractivity contribution < 1.29 is 13.9 Å². The summed E-state index contributed by atoms with van der Waals surface area (Å²) in [5.74, 6) is 1.81. The lowest BCUT2D eigenvalue weighted by Crippen LogP contribution is -2.31. The van der Waals surface area contributed by atoms with Crippen LogP contribution in [0.15, 0.2) is 79.0 Å². The van der Waals surface area contributed by atoms with Crippen molar-refractivity contribution in [2.45, 2.75) is 38.0 Å². The summed E-state index contributed by atoms with van der Waals surface area (Å²) in [4.78, 5) is 28.6. The largest absolute Gasteiger partial charge is 0.469 e. The van der Waals surface area contributed by atoms with Crippen LogP contribution in [0.4, 0.5) is 10.2 Å². The number of halogens is 1. The second-order valence-corrected chi connectivity index (χ2v) is 12.3. The number of fused-ring (bicyclic) bond motifs is 1. The number of likely N-dealkylation sites (tertiary alicyclic amines) is 1. The van der Waals surface area contributed by atoms with E-state index in [1.165, 1.54) is 18.7 Å². The lowest BCUT2D eigenvalue weighted by atomic mass is 9.82. The Hall–Kier alpha value is -4.63. The molecule has 0 bridgehead atoms. The number of ether oxygens (including phenoxy) is 1. The summed E-state index contributed by atoms with van der Waals surface area (Å²) in [5, 5.41) is 0. The predicted molar refractivity (Wildman–Crippen MR) is 173 cm³/mol. The number of nitrogens with two attached hydrogens (primary N) is 1. The zero-order chi connectivity index (χ0) is 30.9. The minimum Gasteiger partial charge on any atom is -0.469 e. The zero-order valence-electron chi connectivity index (χ0n) is 25.4. The number of carbonyl (C=O) groups excluding carboxylic acids is 1. The van der Waals surface area contributed by atoms with E-state index >= 15 is 0 Å². The van der Waals surface area contributed by atoms with Crippen molar-refractivity contribution in [2.75, 3.05) is 32.5 Å². The first-order valence-electron chi connectivity index (χ1n) is 15.7. The Morgan fingerprint density at radius 2 is 1.71 bits per heavy atom. The molecule has 230 valence electrons. The average molecular weight is 605 g/mol. The summed E-state index contributed by atoms with van der Waals surface area (Å²) in [7, 11) is 1.49. The highest BCUT2D eigenvalue weighted by atomic mass is 19.1. The molecule has 1 atom stereocenters. The topological polar surface area (TPSA) is 99.2 Å². The van der Waals surface area contributed by atoms with Gasteiger partial charge >= 0.3 is 5.97 Å². The van der Waals surface area contributed by atoms with E-state index in [-0.39, 0.29) is 17.7 Å². The number of esters is 1. The van der Waals surface area contributed by atoms with Gasteiger partial charge in [-0.25, -0.2) is 19.3 Å². The average Bonchev–Trinajstić information content (AvgIpc) is 3.70. The second kappa shape index (κ2) is 12.4. The van der Waals surface area contributed by atoms with Crippen LogP contribution in [0.5, 0.6) is 0 Å². The van der Waals surface area contributed by atoms with E-state index in [1.807, 2.05) is 28.8 Å². The van der Waals surface area contributed by atoms with Gasteiger partial charge in [0.05, 0.1) is 24.3 Å². The molecule has 0 spiro atoms. The second-order valence-electron chi connectivity index (χ2n) is 12.3. The highest BCUT2D eigenvalue weighted by Crippen LogP contribution is 2.35. The Labute approximate surface area is 262 Å². The number of rotatable bonds is 7. The third-order valence-electron chi connectivity index (χ3n) is 9.53. The van der Waals surface area contributed by atoms with Gasteiger partial charge in [0.2, 0.25) is 0 Å². The molecule has 1 unspecified atom stereocenters. The number of hydrogen-bond acceptors (Lipinski definition) is 7. The Kier molecular flexibility index (Phi) is 8.02. The molecule has 2 aromatic carbocycles. The van der Waals surface area contributed by atoms with E-state index < -0.39 is 0 Å². The molecule has 4 heterocycles. The van der Waals surface area contributed by atoms with Gasteiger partial charge < -0.3 is 15.4 Å². The zero-order valence-corrected chi connectivity index (χ0v) is 25.4. The fraction of sp³-hybridized carbons (Fsp3) is 0.333. The van der Waals surface area contributed by atoms with Crippen LogP contribution in [-0.4, -0.2) is 57.1 Å². The van der Waals surface area contributed by atoms with Crippen molar-refractivity contribution in [2.24, 2.45) is 11.8 Å².